The fourth-order valence-corrected chi connectivity index (χ4v) is 2.99. The molecule has 4 aromatic rings. The number of halogens is 3. The largest absolute Gasteiger partial charge is 0.493 e. The van der Waals surface area contributed by atoms with Gasteiger partial charge in [0.15, 0.2) is 22.1 Å². The number of fused-ring (bicyclic) bond motifs is 2. The van der Waals surface area contributed by atoms with E-state index >= 15 is 0 Å². The van der Waals surface area contributed by atoms with Crippen LogP contribution in [0.2, 0.25) is 0 Å². The molecule has 0 spiro atoms. The zero-order valence-corrected chi connectivity index (χ0v) is 12.3. The first-order chi connectivity index (χ1) is 11.0. The molecule has 0 aliphatic heterocycles. The van der Waals surface area contributed by atoms with Crippen LogP contribution in [0.4, 0.5) is 13.2 Å². The molecule has 3 heterocycles. The van der Waals surface area contributed by atoms with E-state index in [1.54, 1.807) is 18.2 Å². The van der Waals surface area contributed by atoms with E-state index < -0.39 is 12.0 Å². The maximum atomic E-state index is 12.8. The number of benzene rings is 1. The summed E-state index contributed by atoms with van der Waals surface area (Å²) in [4.78, 5) is 0.0414. The third kappa shape index (κ3) is 2.13. The van der Waals surface area contributed by atoms with E-state index in [4.69, 9.17) is 9.15 Å². The highest BCUT2D eigenvalue weighted by atomic mass is 32.1. The maximum absolute atomic E-state index is 12.8. The molecular weight excluding hydrogens is 333 g/mol. The van der Waals surface area contributed by atoms with E-state index in [0.29, 0.717) is 21.6 Å². The number of hydrogen-bond acceptors (Lipinski definition) is 6. The van der Waals surface area contributed by atoms with Gasteiger partial charge in [0.25, 0.3) is 5.82 Å². The molecule has 1 aromatic carbocycles. The topological polar surface area (TPSA) is 65.5 Å². The summed E-state index contributed by atoms with van der Waals surface area (Å²) in [6.45, 7) is 0. The summed E-state index contributed by atoms with van der Waals surface area (Å²) in [5.41, 5.74) is 0.506. The van der Waals surface area contributed by atoms with Gasteiger partial charge in [0.1, 0.15) is 0 Å². The fourth-order valence-electron chi connectivity index (χ4n) is 2.20. The fraction of sp³-hybridized carbons (Fsp3) is 0.154. The van der Waals surface area contributed by atoms with Crippen molar-refractivity contribution in [2.75, 3.05) is 7.11 Å². The highest BCUT2D eigenvalue weighted by Crippen LogP contribution is 2.36. The second-order valence-corrected chi connectivity index (χ2v) is 5.57. The minimum atomic E-state index is -4.62. The van der Waals surface area contributed by atoms with Crippen LogP contribution in [0.3, 0.4) is 0 Å². The average molecular weight is 340 g/mol. The summed E-state index contributed by atoms with van der Waals surface area (Å²) in [5.74, 6) is -0.287. The number of aromatic nitrogens is 4. The van der Waals surface area contributed by atoms with Gasteiger partial charge in [-0.05, 0) is 12.1 Å². The molecule has 0 atom stereocenters. The number of rotatable bonds is 2. The van der Waals surface area contributed by atoms with Gasteiger partial charge in [-0.3, -0.25) is 0 Å². The van der Waals surface area contributed by atoms with Crippen molar-refractivity contribution < 1.29 is 22.3 Å². The molecule has 0 saturated carbocycles. The van der Waals surface area contributed by atoms with E-state index in [9.17, 15) is 13.2 Å². The van der Waals surface area contributed by atoms with Crippen LogP contribution in [0, 0.1) is 0 Å². The molecule has 3 aromatic heterocycles. The maximum Gasteiger partial charge on any atom is 0.453 e. The lowest BCUT2D eigenvalue weighted by atomic mass is 10.2. The van der Waals surface area contributed by atoms with Gasteiger partial charge in [-0.2, -0.15) is 17.7 Å². The normalized spacial score (nSPS) is 12.3. The summed E-state index contributed by atoms with van der Waals surface area (Å²) in [5, 5.41) is 11.6. The molecule has 4 rings (SSSR count). The summed E-state index contributed by atoms with van der Waals surface area (Å²) in [6.07, 6.45) is -4.62. The van der Waals surface area contributed by atoms with Gasteiger partial charge in [-0.15, -0.1) is 15.3 Å². The first-order valence-electron chi connectivity index (χ1n) is 6.34. The number of ether oxygens (including phenoxy) is 1. The summed E-state index contributed by atoms with van der Waals surface area (Å²) >= 11 is 0.960. The van der Waals surface area contributed by atoms with Gasteiger partial charge in [0.05, 0.1) is 7.11 Å². The van der Waals surface area contributed by atoms with Crippen LogP contribution in [0.1, 0.15) is 5.82 Å². The molecule has 0 N–H and O–H groups in total. The Morgan fingerprint density at radius 2 is 2.09 bits per heavy atom. The Balaban J connectivity index is 1.88. The van der Waals surface area contributed by atoms with E-state index in [0.717, 1.165) is 16.7 Å². The summed E-state index contributed by atoms with van der Waals surface area (Å²) in [7, 11) is 1.51. The third-order valence-corrected chi connectivity index (χ3v) is 4.10. The van der Waals surface area contributed by atoms with Gasteiger partial charge in [-0.1, -0.05) is 23.5 Å². The average Bonchev–Trinajstić information content (AvgIpc) is 3.17. The number of alkyl halides is 3. The first kappa shape index (κ1) is 14.0. The lowest BCUT2D eigenvalue weighted by Gasteiger charge is -1.99. The predicted octanol–water partition coefficient (Wildman–Crippen LogP) is 3.63. The number of methoxy groups -OCH3 is 1. The van der Waals surface area contributed by atoms with Crippen molar-refractivity contribution in [3.63, 3.8) is 0 Å². The van der Waals surface area contributed by atoms with Crippen molar-refractivity contribution in [1.29, 1.82) is 0 Å². The molecule has 118 valence electrons. The molecule has 0 amide bonds. The molecule has 0 saturated heterocycles. The van der Waals surface area contributed by atoms with Crippen molar-refractivity contribution in [3.05, 3.63) is 30.1 Å². The van der Waals surface area contributed by atoms with E-state index in [2.05, 4.69) is 15.3 Å². The van der Waals surface area contributed by atoms with E-state index in [-0.39, 0.29) is 9.97 Å². The Morgan fingerprint density at radius 1 is 1.26 bits per heavy atom. The van der Waals surface area contributed by atoms with E-state index in [1.165, 1.54) is 7.11 Å². The molecule has 6 nitrogen and oxygen atoms in total. The number of furan rings is 1. The van der Waals surface area contributed by atoms with Crippen molar-refractivity contribution in [2.45, 2.75) is 6.18 Å². The molecule has 0 aliphatic carbocycles. The molecule has 0 bridgehead atoms. The highest BCUT2D eigenvalue weighted by Gasteiger charge is 2.38. The zero-order valence-electron chi connectivity index (χ0n) is 11.5. The predicted molar refractivity (Wildman–Crippen MR) is 75.4 cm³/mol. The Labute approximate surface area is 130 Å². The van der Waals surface area contributed by atoms with E-state index in [1.807, 2.05) is 6.07 Å². The smallest absolute Gasteiger partial charge is 0.453 e. The van der Waals surface area contributed by atoms with Crippen molar-refractivity contribution in [3.8, 4) is 16.5 Å². The van der Waals surface area contributed by atoms with Crippen LogP contribution in [-0.2, 0) is 6.18 Å². The zero-order chi connectivity index (χ0) is 16.2. The molecule has 0 aliphatic rings. The molecule has 0 unspecified atom stereocenters. The van der Waals surface area contributed by atoms with Crippen LogP contribution in [0.25, 0.3) is 26.7 Å². The Kier molecular flexibility index (Phi) is 2.85. The van der Waals surface area contributed by atoms with Crippen LogP contribution in [-0.4, -0.2) is 26.9 Å². The Morgan fingerprint density at radius 3 is 2.83 bits per heavy atom. The Bertz CT molecular complexity index is 1020. The quantitative estimate of drug-likeness (QED) is 0.557. The summed E-state index contributed by atoms with van der Waals surface area (Å²) < 4.78 is 50.0. The molecular formula is C13H7F3N4O2S. The highest BCUT2D eigenvalue weighted by molar-refractivity contribution is 7.19. The van der Waals surface area contributed by atoms with Gasteiger partial charge < -0.3 is 9.15 Å². The van der Waals surface area contributed by atoms with Crippen LogP contribution in [0.5, 0.6) is 5.75 Å². The molecule has 23 heavy (non-hydrogen) atoms. The number of hydrogen-bond donors (Lipinski definition) is 0. The lowest BCUT2D eigenvalue weighted by molar-refractivity contribution is -0.146. The van der Waals surface area contributed by atoms with Gasteiger partial charge in [0.2, 0.25) is 4.96 Å². The van der Waals surface area contributed by atoms with Crippen LogP contribution >= 0.6 is 11.3 Å². The Hall–Kier alpha value is -2.62. The van der Waals surface area contributed by atoms with Gasteiger partial charge in [0, 0.05) is 5.39 Å². The van der Waals surface area contributed by atoms with Gasteiger partial charge in [-0.25, -0.2) is 0 Å². The number of nitrogens with zero attached hydrogens (tertiary/aromatic N) is 4. The standard InChI is InChI=1S/C13H7F3N4O2S/c1-21-7-4-2-3-6-5-8(22-9(6)7)10-19-20-11(13(14,15)16)17-18-12(20)23-10/h2-5H,1H3. The molecule has 0 fully saturated rings. The lowest BCUT2D eigenvalue weighted by Crippen LogP contribution is -2.11. The van der Waals surface area contributed by atoms with Crippen molar-refractivity contribution in [2.24, 2.45) is 0 Å². The second kappa shape index (κ2) is 4.69. The summed E-state index contributed by atoms with van der Waals surface area (Å²) in [6, 6.07) is 7.03. The second-order valence-electron chi connectivity index (χ2n) is 4.61. The monoisotopic (exact) mass is 340 g/mol. The van der Waals surface area contributed by atoms with Crippen molar-refractivity contribution in [1.82, 2.24) is 19.8 Å². The molecule has 10 heteroatoms. The first-order valence-corrected chi connectivity index (χ1v) is 7.15. The third-order valence-electron chi connectivity index (χ3n) is 3.18. The minimum Gasteiger partial charge on any atom is -0.493 e. The van der Waals surface area contributed by atoms with Crippen LogP contribution < -0.4 is 4.74 Å². The van der Waals surface area contributed by atoms with Gasteiger partial charge >= 0.3 is 6.18 Å². The molecule has 0 radical (unpaired) electrons. The minimum absolute atomic E-state index is 0.0414. The van der Waals surface area contributed by atoms with Crippen molar-refractivity contribution >= 4 is 27.3 Å². The SMILES string of the molecule is COc1cccc2cc(-c3nn4c(C(F)(F)F)nnc4s3)oc12. The number of para-hydroxylation sites is 1. The van der Waals surface area contributed by atoms with Crippen LogP contribution in [0.15, 0.2) is 28.7 Å².